The van der Waals surface area contributed by atoms with Crippen LogP contribution in [0.2, 0.25) is 0 Å². The predicted molar refractivity (Wildman–Crippen MR) is 99.9 cm³/mol. The van der Waals surface area contributed by atoms with Crippen LogP contribution in [0.1, 0.15) is 25.0 Å². The molecule has 1 aromatic carbocycles. The van der Waals surface area contributed by atoms with E-state index in [0.29, 0.717) is 5.56 Å². The second-order valence-electron chi connectivity index (χ2n) is 5.92. The Balaban J connectivity index is 2.38. The Labute approximate surface area is 158 Å². The van der Waals surface area contributed by atoms with Crippen LogP contribution in [0.25, 0.3) is 6.08 Å². The van der Waals surface area contributed by atoms with Crippen molar-refractivity contribution in [3.05, 3.63) is 40.8 Å². The number of hydrogen-bond acceptors (Lipinski definition) is 6. The van der Waals surface area contributed by atoms with Gasteiger partial charge >= 0.3 is 12.0 Å². The molecule has 0 aromatic heterocycles. The molecule has 0 aliphatic rings. The van der Waals surface area contributed by atoms with Crippen LogP contribution in [0, 0.1) is 6.92 Å². The van der Waals surface area contributed by atoms with Gasteiger partial charge in [-0.3, -0.25) is 14.9 Å². The molecule has 0 saturated heterocycles. The smallest absolute Gasteiger partial charge is 0.321 e. The minimum Gasteiger partial charge on any atom is -0.455 e. The summed E-state index contributed by atoms with van der Waals surface area (Å²) in [4.78, 5) is 34.2. The molecule has 0 bridgehead atoms. The zero-order valence-corrected chi connectivity index (χ0v) is 16.1. The summed E-state index contributed by atoms with van der Waals surface area (Å²) in [5.41, 5.74) is 1.73. The molecule has 3 amide bonds. The van der Waals surface area contributed by atoms with E-state index < -0.39 is 41.1 Å². The van der Waals surface area contributed by atoms with E-state index in [1.54, 1.807) is 26.0 Å². The van der Waals surface area contributed by atoms with Crippen LogP contribution in [-0.4, -0.2) is 45.5 Å². The largest absolute Gasteiger partial charge is 0.455 e. The first-order valence-electron chi connectivity index (χ1n) is 8.08. The van der Waals surface area contributed by atoms with Crippen LogP contribution < -0.4 is 15.4 Å². The van der Waals surface area contributed by atoms with Gasteiger partial charge in [0.05, 0.1) is 0 Å². The molecule has 1 rings (SSSR count). The van der Waals surface area contributed by atoms with Gasteiger partial charge in [0.2, 0.25) is 10.0 Å². The topological polar surface area (TPSA) is 131 Å². The maximum absolute atomic E-state index is 11.8. The lowest BCUT2D eigenvalue weighted by atomic mass is 10.2. The quantitative estimate of drug-likeness (QED) is 0.553. The molecule has 0 atom stereocenters. The average Bonchev–Trinajstić information content (AvgIpc) is 2.57. The number of sulfonamides is 1. The van der Waals surface area contributed by atoms with Gasteiger partial charge in [0.25, 0.3) is 5.91 Å². The van der Waals surface area contributed by atoms with Crippen molar-refractivity contribution < 1.29 is 27.5 Å². The minimum absolute atomic E-state index is 0.164. The molecule has 3 N–H and O–H groups in total. The van der Waals surface area contributed by atoms with E-state index >= 15 is 0 Å². The van der Waals surface area contributed by atoms with Gasteiger partial charge in [0, 0.05) is 11.4 Å². The maximum Gasteiger partial charge on any atom is 0.321 e. The standard InChI is InChI=1S/C17H23N3O6S/c1-12(2)19-17(23)20-15(21)11-26-16(22)10-18-27(24,25)9-8-14-6-4-13(3)5-7-14/h4-9,12,18H,10-11H2,1-3H3,(H2,19,20,21,23)/b9-8+. The minimum atomic E-state index is -3.85. The molecule has 0 unspecified atom stereocenters. The van der Waals surface area contributed by atoms with Crippen molar-refractivity contribution in [2.75, 3.05) is 13.2 Å². The van der Waals surface area contributed by atoms with Crippen molar-refractivity contribution in [2.24, 2.45) is 0 Å². The fourth-order valence-electron chi connectivity index (χ4n) is 1.71. The second kappa shape index (κ2) is 10.4. The van der Waals surface area contributed by atoms with Crippen LogP contribution in [0.4, 0.5) is 4.79 Å². The number of amides is 3. The predicted octanol–water partition coefficient (Wildman–Crippen LogP) is 0.663. The van der Waals surface area contributed by atoms with Gasteiger partial charge in [0.15, 0.2) is 6.61 Å². The highest BCUT2D eigenvalue weighted by Crippen LogP contribution is 2.05. The first-order valence-corrected chi connectivity index (χ1v) is 9.62. The van der Waals surface area contributed by atoms with E-state index in [1.807, 2.05) is 29.1 Å². The summed E-state index contributed by atoms with van der Waals surface area (Å²) in [6, 6.07) is 6.30. The number of rotatable bonds is 8. The van der Waals surface area contributed by atoms with Crippen LogP contribution in [0.15, 0.2) is 29.7 Å². The van der Waals surface area contributed by atoms with E-state index in [-0.39, 0.29) is 6.04 Å². The number of imide groups is 1. The summed E-state index contributed by atoms with van der Waals surface area (Å²) in [5, 5.41) is 5.32. The zero-order valence-electron chi connectivity index (χ0n) is 15.3. The van der Waals surface area contributed by atoms with Crippen LogP contribution in [0.5, 0.6) is 0 Å². The lowest BCUT2D eigenvalue weighted by Gasteiger charge is -2.09. The van der Waals surface area contributed by atoms with Gasteiger partial charge in [-0.2, -0.15) is 0 Å². The van der Waals surface area contributed by atoms with Gasteiger partial charge in [-0.15, -0.1) is 0 Å². The summed E-state index contributed by atoms with van der Waals surface area (Å²) in [5.74, 6) is -1.79. The Hall–Kier alpha value is -2.72. The van der Waals surface area contributed by atoms with E-state index in [1.165, 1.54) is 6.08 Å². The third-order valence-electron chi connectivity index (χ3n) is 2.97. The Morgan fingerprint density at radius 1 is 1.15 bits per heavy atom. The molecule has 0 spiro atoms. The van der Waals surface area contributed by atoms with Gasteiger partial charge in [-0.1, -0.05) is 29.8 Å². The van der Waals surface area contributed by atoms with Crippen LogP contribution in [-0.2, 0) is 24.3 Å². The Morgan fingerprint density at radius 3 is 2.37 bits per heavy atom. The van der Waals surface area contributed by atoms with Gasteiger partial charge in [-0.25, -0.2) is 17.9 Å². The third-order valence-corrected chi connectivity index (χ3v) is 4.01. The number of aryl methyl sites for hydroxylation is 1. The molecular weight excluding hydrogens is 374 g/mol. The fourth-order valence-corrected chi connectivity index (χ4v) is 2.46. The highest BCUT2D eigenvalue weighted by Gasteiger charge is 2.13. The molecular formula is C17H23N3O6S. The molecule has 0 aliphatic carbocycles. The summed E-state index contributed by atoms with van der Waals surface area (Å²) < 4.78 is 30.3. The molecule has 27 heavy (non-hydrogen) atoms. The number of ether oxygens (including phenoxy) is 1. The molecule has 1 aromatic rings. The van der Waals surface area contributed by atoms with E-state index in [9.17, 15) is 22.8 Å². The normalized spacial score (nSPS) is 11.4. The Morgan fingerprint density at radius 2 is 1.78 bits per heavy atom. The van der Waals surface area contributed by atoms with Crippen LogP contribution >= 0.6 is 0 Å². The Kier molecular flexibility index (Phi) is 8.63. The highest BCUT2D eigenvalue weighted by atomic mass is 32.2. The number of carbonyl (C=O) groups excluding carboxylic acids is 3. The van der Waals surface area contributed by atoms with Gasteiger partial charge in [-0.05, 0) is 32.4 Å². The number of benzene rings is 1. The summed E-state index contributed by atoms with van der Waals surface area (Å²) in [7, 11) is -3.85. The number of urea groups is 1. The molecule has 10 heteroatoms. The SMILES string of the molecule is Cc1ccc(/C=C/S(=O)(=O)NCC(=O)OCC(=O)NC(=O)NC(C)C)cc1. The lowest BCUT2D eigenvalue weighted by Crippen LogP contribution is -2.44. The van der Waals surface area contributed by atoms with Gasteiger partial charge in [0.1, 0.15) is 6.54 Å². The number of carbonyl (C=O) groups is 3. The number of esters is 1. The second-order valence-corrected chi connectivity index (χ2v) is 7.57. The number of nitrogens with one attached hydrogen (secondary N) is 3. The van der Waals surface area contributed by atoms with E-state index in [0.717, 1.165) is 11.0 Å². The van der Waals surface area contributed by atoms with Crippen molar-refractivity contribution in [1.29, 1.82) is 0 Å². The Bertz CT molecular complexity index is 800. The van der Waals surface area contributed by atoms with Crippen molar-refractivity contribution in [2.45, 2.75) is 26.8 Å². The molecule has 0 aliphatic heterocycles. The van der Waals surface area contributed by atoms with E-state index in [4.69, 9.17) is 0 Å². The monoisotopic (exact) mass is 397 g/mol. The molecule has 9 nitrogen and oxygen atoms in total. The first kappa shape index (κ1) is 22.3. The third kappa shape index (κ3) is 10.1. The van der Waals surface area contributed by atoms with Crippen molar-refractivity contribution in [3.8, 4) is 0 Å². The molecule has 0 radical (unpaired) electrons. The molecule has 0 fully saturated rings. The van der Waals surface area contributed by atoms with Gasteiger partial charge < -0.3 is 10.1 Å². The van der Waals surface area contributed by atoms with Crippen molar-refractivity contribution >= 4 is 34.0 Å². The zero-order chi connectivity index (χ0) is 20.4. The van der Waals surface area contributed by atoms with Crippen molar-refractivity contribution in [3.63, 3.8) is 0 Å². The molecule has 0 saturated carbocycles. The van der Waals surface area contributed by atoms with E-state index in [2.05, 4.69) is 10.1 Å². The maximum atomic E-state index is 11.8. The average molecular weight is 397 g/mol. The lowest BCUT2D eigenvalue weighted by molar-refractivity contribution is -0.147. The molecule has 0 heterocycles. The summed E-state index contributed by atoms with van der Waals surface area (Å²) in [6.07, 6.45) is 1.38. The van der Waals surface area contributed by atoms with Crippen molar-refractivity contribution in [1.82, 2.24) is 15.4 Å². The summed E-state index contributed by atoms with van der Waals surface area (Å²) in [6.45, 7) is 3.98. The highest BCUT2D eigenvalue weighted by molar-refractivity contribution is 7.92. The fraction of sp³-hybridized carbons (Fsp3) is 0.353. The molecule has 148 valence electrons. The number of hydrogen-bond donors (Lipinski definition) is 3. The van der Waals surface area contributed by atoms with Crippen LogP contribution in [0.3, 0.4) is 0 Å². The first-order chi connectivity index (χ1) is 12.6. The summed E-state index contributed by atoms with van der Waals surface area (Å²) >= 11 is 0.